The Bertz CT molecular complexity index is 1260. The van der Waals surface area contributed by atoms with Gasteiger partial charge in [0.25, 0.3) is 0 Å². The molecule has 0 aliphatic carbocycles. The molecule has 4 aromatic rings. The summed E-state index contributed by atoms with van der Waals surface area (Å²) in [6.07, 6.45) is 4.18. The van der Waals surface area contributed by atoms with Gasteiger partial charge in [-0.2, -0.15) is 0 Å². The highest BCUT2D eigenvalue weighted by atomic mass is 16.4. The fraction of sp³-hybridized carbons (Fsp3) is 0.192. The molecule has 1 N–H and O–H groups in total. The maximum Gasteiger partial charge on any atom is 0.355 e. The van der Waals surface area contributed by atoms with Crippen molar-refractivity contribution in [3.05, 3.63) is 101 Å². The molecule has 2 aromatic carbocycles. The number of aryl methyl sites for hydroxylation is 1. The third kappa shape index (κ3) is 5.03. The average molecular weight is 441 g/mol. The van der Waals surface area contributed by atoms with Crippen LogP contribution in [0.4, 0.5) is 0 Å². The molecule has 2 aromatic heterocycles. The molecular weight excluding hydrogens is 416 g/mol. The standard InChI is InChI=1S/C26H24N4O3/c1-2-3-11-22-28-25(24(31)20-8-5-4-6-9-20)29-30(22)17-18-12-14-19(15-13-18)21-10-7-16-27-23(21)26(32)33/h4-10,12-16H,2-3,11,17H2,1H3,(H,32,33). The van der Waals surface area contributed by atoms with Gasteiger partial charge in [0, 0.05) is 23.7 Å². The molecule has 0 radical (unpaired) electrons. The SMILES string of the molecule is CCCCc1nc(C(=O)c2ccccc2)nn1Cc1ccc(-c2cccnc2C(=O)O)cc1. The van der Waals surface area contributed by atoms with Crippen molar-refractivity contribution in [3.63, 3.8) is 0 Å². The zero-order valence-corrected chi connectivity index (χ0v) is 18.3. The van der Waals surface area contributed by atoms with Gasteiger partial charge >= 0.3 is 5.97 Å². The van der Waals surface area contributed by atoms with Crippen LogP contribution in [0.1, 0.15) is 57.8 Å². The number of unbranched alkanes of at least 4 members (excludes halogenated alkanes) is 1. The summed E-state index contributed by atoms with van der Waals surface area (Å²) in [6, 6.07) is 20.1. The first-order valence-electron chi connectivity index (χ1n) is 10.9. The maximum atomic E-state index is 12.8. The average Bonchev–Trinajstić information content (AvgIpc) is 3.25. The molecule has 0 atom stereocenters. The Morgan fingerprint density at radius 3 is 2.42 bits per heavy atom. The molecule has 7 nitrogen and oxygen atoms in total. The van der Waals surface area contributed by atoms with E-state index in [1.165, 1.54) is 6.20 Å². The molecule has 0 saturated heterocycles. The summed E-state index contributed by atoms with van der Waals surface area (Å²) in [5.41, 5.74) is 2.89. The number of aromatic carboxylic acids is 1. The molecular formula is C26H24N4O3. The number of carbonyl (C=O) groups is 2. The zero-order valence-electron chi connectivity index (χ0n) is 18.3. The van der Waals surface area contributed by atoms with Gasteiger partial charge in [-0.1, -0.05) is 74.0 Å². The number of carboxylic acids is 1. The fourth-order valence-electron chi connectivity index (χ4n) is 3.61. The molecule has 2 heterocycles. The summed E-state index contributed by atoms with van der Waals surface area (Å²) >= 11 is 0. The Morgan fingerprint density at radius 2 is 1.73 bits per heavy atom. The second-order valence-corrected chi connectivity index (χ2v) is 7.71. The van der Waals surface area contributed by atoms with Gasteiger partial charge in [0.15, 0.2) is 5.69 Å². The zero-order chi connectivity index (χ0) is 23.2. The van der Waals surface area contributed by atoms with Gasteiger partial charge in [0.05, 0.1) is 6.54 Å². The van der Waals surface area contributed by atoms with E-state index < -0.39 is 5.97 Å². The molecule has 33 heavy (non-hydrogen) atoms. The van der Waals surface area contributed by atoms with Gasteiger partial charge in [-0.05, 0) is 23.6 Å². The van der Waals surface area contributed by atoms with E-state index in [2.05, 4.69) is 22.0 Å². The molecule has 166 valence electrons. The number of hydrogen-bond acceptors (Lipinski definition) is 5. The lowest BCUT2D eigenvalue weighted by Gasteiger charge is -2.08. The van der Waals surface area contributed by atoms with Crippen LogP contribution in [-0.2, 0) is 13.0 Å². The van der Waals surface area contributed by atoms with Crippen molar-refractivity contribution < 1.29 is 14.7 Å². The molecule has 0 saturated carbocycles. The Morgan fingerprint density at radius 1 is 0.970 bits per heavy atom. The first kappa shape index (κ1) is 22.1. The lowest BCUT2D eigenvalue weighted by molar-refractivity contribution is 0.0691. The number of benzene rings is 2. The number of rotatable bonds is 9. The first-order valence-corrected chi connectivity index (χ1v) is 10.9. The lowest BCUT2D eigenvalue weighted by atomic mass is 10.0. The van der Waals surface area contributed by atoms with Crippen LogP contribution < -0.4 is 0 Å². The Labute approximate surface area is 191 Å². The summed E-state index contributed by atoms with van der Waals surface area (Å²) in [7, 11) is 0. The van der Waals surface area contributed by atoms with Gasteiger partial charge in [-0.3, -0.25) is 4.79 Å². The number of carbonyl (C=O) groups excluding carboxylic acids is 1. The molecule has 7 heteroatoms. The van der Waals surface area contributed by atoms with Gasteiger partial charge in [-0.15, -0.1) is 5.10 Å². The Balaban J connectivity index is 1.60. The number of ketones is 1. The van der Waals surface area contributed by atoms with Crippen LogP contribution in [0.25, 0.3) is 11.1 Å². The van der Waals surface area contributed by atoms with E-state index in [4.69, 9.17) is 0 Å². The van der Waals surface area contributed by atoms with E-state index >= 15 is 0 Å². The Kier molecular flexibility index (Phi) is 6.69. The van der Waals surface area contributed by atoms with Crippen LogP contribution in [-0.4, -0.2) is 36.6 Å². The maximum absolute atomic E-state index is 12.8. The predicted octanol–water partition coefficient (Wildman–Crippen LogP) is 4.66. The van der Waals surface area contributed by atoms with E-state index in [0.717, 1.165) is 36.2 Å². The second kappa shape index (κ2) is 9.99. The smallest absolute Gasteiger partial charge is 0.355 e. The highest BCUT2D eigenvalue weighted by molar-refractivity contribution is 6.06. The largest absolute Gasteiger partial charge is 0.476 e. The van der Waals surface area contributed by atoms with Crippen LogP contribution in [0, 0.1) is 0 Å². The Hall–Kier alpha value is -4.13. The van der Waals surface area contributed by atoms with Gasteiger partial charge in [0.1, 0.15) is 5.82 Å². The normalized spacial score (nSPS) is 10.8. The van der Waals surface area contributed by atoms with Crippen LogP contribution in [0.5, 0.6) is 0 Å². The summed E-state index contributed by atoms with van der Waals surface area (Å²) in [5, 5.41) is 13.9. The number of pyridine rings is 1. The second-order valence-electron chi connectivity index (χ2n) is 7.71. The third-order valence-corrected chi connectivity index (χ3v) is 5.35. The third-order valence-electron chi connectivity index (χ3n) is 5.35. The van der Waals surface area contributed by atoms with E-state index in [-0.39, 0.29) is 17.3 Å². The topological polar surface area (TPSA) is 98.0 Å². The van der Waals surface area contributed by atoms with Crippen molar-refractivity contribution in [2.45, 2.75) is 32.7 Å². The van der Waals surface area contributed by atoms with E-state index in [0.29, 0.717) is 17.7 Å². The molecule has 4 rings (SSSR count). The van der Waals surface area contributed by atoms with E-state index in [1.807, 2.05) is 42.5 Å². The monoisotopic (exact) mass is 440 g/mol. The first-order chi connectivity index (χ1) is 16.1. The van der Waals surface area contributed by atoms with Crippen LogP contribution in [0.3, 0.4) is 0 Å². The molecule has 0 unspecified atom stereocenters. The quantitative estimate of drug-likeness (QED) is 0.380. The number of hydrogen-bond donors (Lipinski definition) is 1. The molecule has 0 fully saturated rings. The van der Waals surface area contributed by atoms with Crippen molar-refractivity contribution in [2.75, 3.05) is 0 Å². The summed E-state index contributed by atoms with van der Waals surface area (Å²) in [5.74, 6) is -0.278. The fourth-order valence-corrected chi connectivity index (χ4v) is 3.61. The number of aromatic nitrogens is 4. The van der Waals surface area contributed by atoms with Crippen molar-refractivity contribution in [1.82, 2.24) is 19.7 Å². The highest BCUT2D eigenvalue weighted by Gasteiger charge is 2.18. The minimum Gasteiger partial charge on any atom is -0.476 e. The molecule has 0 spiro atoms. The van der Waals surface area contributed by atoms with Crippen molar-refractivity contribution >= 4 is 11.8 Å². The lowest BCUT2D eigenvalue weighted by Crippen LogP contribution is -2.08. The molecule has 0 amide bonds. The molecule has 0 aliphatic rings. The van der Waals surface area contributed by atoms with Gasteiger partial charge < -0.3 is 5.11 Å². The van der Waals surface area contributed by atoms with Crippen LogP contribution in [0.2, 0.25) is 0 Å². The molecule has 0 bridgehead atoms. The van der Waals surface area contributed by atoms with Crippen LogP contribution in [0.15, 0.2) is 72.9 Å². The van der Waals surface area contributed by atoms with Crippen molar-refractivity contribution in [3.8, 4) is 11.1 Å². The van der Waals surface area contributed by atoms with Crippen LogP contribution >= 0.6 is 0 Å². The van der Waals surface area contributed by atoms with E-state index in [9.17, 15) is 14.7 Å². The van der Waals surface area contributed by atoms with E-state index in [1.54, 1.807) is 28.9 Å². The summed E-state index contributed by atoms with van der Waals surface area (Å²) in [4.78, 5) is 32.8. The molecule has 0 aliphatic heterocycles. The summed E-state index contributed by atoms with van der Waals surface area (Å²) in [6.45, 7) is 2.58. The summed E-state index contributed by atoms with van der Waals surface area (Å²) < 4.78 is 1.79. The minimum atomic E-state index is -1.06. The number of nitrogens with zero attached hydrogens (tertiary/aromatic N) is 4. The predicted molar refractivity (Wildman–Crippen MR) is 124 cm³/mol. The van der Waals surface area contributed by atoms with Gasteiger partial charge in [0.2, 0.25) is 11.6 Å². The highest BCUT2D eigenvalue weighted by Crippen LogP contribution is 2.23. The van der Waals surface area contributed by atoms with Gasteiger partial charge in [-0.25, -0.2) is 19.4 Å². The van der Waals surface area contributed by atoms with Crippen molar-refractivity contribution in [1.29, 1.82) is 0 Å². The van der Waals surface area contributed by atoms with Crippen molar-refractivity contribution in [2.24, 2.45) is 0 Å². The number of carboxylic acid groups (broad SMARTS) is 1. The minimum absolute atomic E-state index is 0.0208.